The molecule has 0 unspecified atom stereocenters. The van der Waals surface area contributed by atoms with E-state index in [0.29, 0.717) is 6.61 Å². The van der Waals surface area contributed by atoms with Gasteiger partial charge in [0.2, 0.25) is 0 Å². The Balaban J connectivity index is 2.16. The maximum Gasteiger partial charge on any atom is 0.120 e. The highest BCUT2D eigenvalue weighted by Gasteiger charge is 2.03. The number of nitrogens with two attached hydrogens (primary N) is 1. The maximum absolute atomic E-state index is 5.70. The first-order valence-corrected chi connectivity index (χ1v) is 5.84. The molecule has 0 radical (unpaired) electrons. The molecule has 2 rings (SSSR count). The lowest BCUT2D eigenvalue weighted by Crippen LogP contribution is -1.92. The third-order valence-electron chi connectivity index (χ3n) is 2.03. The summed E-state index contributed by atoms with van der Waals surface area (Å²) in [6.07, 6.45) is 1.04. The van der Waals surface area contributed by atoms with E-state index in [0.717, 1.165) is 33.9 Å². The first kappa shape index (κ1) is 10.4. The van der Waals surface area contributed by atoms with E-state index in [2.05, 4.69) is 11.9 Å². The van der Waals surface area contributed by atoms with E-state index < -0.39 is 0 Å². The molecule has 0 saturated heterocycles. The van der Waals surface area contributed by atoms with E-state index >= 15 is 0 Å². The number of fused-ring (bicyclic) bond motifs is 1. The molecule has 0 amide bonds. The van der Waals surface area contributed by atoms with Crippen molar-refractivity contribution >= 4 is 27.2 Å². The van der Waals surface area contributed by atoms with Crippen LogP contribution in [0.5, 0.6) is 0 Å². The van der Waals surface area contributed by atoms with Crippen molar-refractivity contribution in [3.8, 4) is 0 Å². The topological polar surface area (TPSA) is 48.1 Å². The summed E-state index contributed by atoms with van der Waals surface area (Å²) in [5, 5.41) is 1.02. The first-order valence-electron chi connectivity index (χ1n) is 5.02. The fraction of sp³-hybridized carbons (Fsp3) is 0.364. The Bertz CT molecular complexity index is 453. The van der Waals surface area contributed by atoms with Crippen LogP contribution >= 0.6 is 11.3 Å². The maximum atomic E-state index is 5.70. The van der Waals surface area contributed by atoms with Crippen molar-refractivity contribution in [2.24, 2.45) is 0 Å². The van der Waals surface area contributed by atoms with Gasteiger partial charge in [0.15, 0.2) is 0 Å². The second kappa shape index (κ2) is 4.59. The molecule has 1 aromatic heterocycles. The summed E-state index contributed by atoms with van der Waals surface area (Å²) < 4.78 is 6.58. The zero-order valence-corrected chi connectivity index (χ0v) is 9.51. The molecule has 0 saturated carbocycles. The Morgan fingerprint density at radius 1 is 1.47 bits per heavy atom. The molecular formula is C11H14N2OS. The molecule has 1 aromatic carbocycles. The van der Waals surface area contributed by atoms with E-state index in [4.69, 9.17) is 10.5 Å². The van der Waals surface area contributed by atoms with Crippen LogP contribution in [0.1, 0.15) is 18.4 Å². The molecule has 0 fully saturated rings. The van der Waals surface area contributed by atoms with Gasteiger partial charge in [0.1, 0.15) is 5.01 Å². The van der Waals surface area contributed by atoms with E-state index in [1.54, 1.807) is 11.3 Å². The molecule has 3 nitrogen and oxygen atoms in total. The highest BCUT2D eigenvalue weighted by atomic mass is 32.1. The van der Waals surface area contributed by atoms with Crippen LogP contribution < -0.4 is 5.73 Å². The molecule has 80 valence electrons. The third-order valence-corrected chi connectivity index (χ3v) is 3.02. The number of aromatic nitrogens is 1. The van der Waals surface area contributed by atoms with Crippen molar-refractivity contribution in [2.75, 3.05) is 12.3 Å². The minimum atomic E-state index is 0.604. The second-order valence-corrected chi connectivity index (χ2v) is 4.50. The summed E-state index contributed by atoms with van der Waals surface area (Å²) in [6, 6.07) is 5.78. The van der Waals surface area contributed by atoms with Gasteiger partial charge in [0.05, 0.1) is 16.8 Å². The van der Waals surface area contributed by atoms with E-state index in [9.17, 15) is 0 Å². The average molecular weight is 222 g/mol. The van der Waals surface area contributed by atoms with Gasteiger partial charge in [0, 0.05) is 12.3 Å². The van der Waals surface area contributed by atoms with Crippen LogP contribution in [0, 0.1) is 0 Å². The minimum Gasteiger partial charge on any atom is -0.399 e. The summed E-state index contributed by atoms with van der Waals surface area (Å²) in [5.74, 6) is 0. The van der Waals surface area contributed by atoms with Crippen LogP contribution in [-0.2, 0) is 11.3 Å². The lowest BCUT2D eigenvalue weighted by Gasteiger charge is -1.96. The Hall–Kier alpha value is -1.13. The normalized spacial score (nSPS) is 11.0. The summed E-state index contributed by atoms with van der Waals surface area (Å²) in [5.41, 5.74) is 7.49. The lowest BCUT2D eigenvalue weighted by atomic mass is 10.3. The fourth-order valence-electron chi connectivity index (χ4n) is 1.35. The smallest absolute Gasteiger partial charge is 0.120 e. The molecule has 1 heterocycles. The van der Waals surface area contributed by atoms with Gasteiger partial charge in [-0.2, -0.15) is 0 Å². The van der Waals surface area contributed by atoms with Gasteiger partial charge < -0.3 is 10.5 Å². The molecule has 15 heavy (non-hydrogen) atoms. The molecule has 0 bridgehead atoms. The van der Waals surface area contributed by atoms with Crippen molar-refractivity contribution < 1.29 is 4.74 Å². The predicted molar refractivity (Wildman–Crippen MR) is 64.0 cm³/mol. The first-order chi connectivity index (χ1) is 7.29. The van der Waals surface area contributed by atoms with Crippen molar-refractivity contribution in [1.29, 1.82) is 0 Å². The summed E-state index contributed by atoms with van der Waals surface area (Å²) in [6.45, 7) is 3.49. The van der Waals surface area contributed by atoms with Gasteiger partial charge in [-0.1, -0.05) is 6.92 Å². The summed E-state index contributed by atoms with van der Waals surface area (Å²) in [7, 11) is 0. The Kier molecular flexibility index (Phi) is 3.18. The molecule has 0 atom stereocenters. The standard InChI is InChI=1S/C11H14N2OS/c1-2-5-14-7-11-13-9-4-3-8(12)6-10(9)15-11/h3-4,6H,2,5,7,12H2,1H3. The Labute approximate surface area is 92.9 Å². The number of rotatable bonds is 4. The monoisotopic (exact) mass is 222 g/mol. The highest BCUT2D eigenvalue weighted by Crippen LogP contribution is 2.24. The van der Waals surface area contributed by atoms with Gasteiger partial charge >= 0.3 is 0 Å². The molecule has 0 aliphatic heterocycles. The number of nitrogens with zero attached hydrogens (tertiary/aromatic N) is 1. The van der Waals surface area contributed by atoms with Crippen LogP contribution in [-0.4, -0.2) is 11.6 Å². The number of nitrogen functional groups attached to an aromatic ring is 1. The van der Waals surface area contributed by atoms with Gasteiger partial charge in [-0.3, -0.25) is 0 Å². The number of benzene rings is 1. The molecular weight excluding hydrogens is 208 g/mol. The van der Waals surface area contributed by atoms with Gasteiger partial charge in [-0.05, 0) is 24.6 Å². The molecule has 0 aliphatic rings. The largest absolute Gasteiger partial charge is 0.399 e. The molecule has 0 aliphatic carbocycles. The SMILES string of the molecule is CCCOCc1nc2ccc(N)cc2s1. The Morgan fingerprint density at radius 2 is 2.33 bits per heavy atom. The van der Waals surface area contributed by atoms with E-state index in [1.807, 2.05) is 18.2 Å². The van der Waals surface area contributed by atoms with E-state index in [1.165, 1.54) is 0 Å². The van der Waals surface area contributed by atoms with Crippen molar-refractivity contribution in [1.82, 2.24) is 4.98 Å². The fourth-order valence-corrected chi connectivity index (χ4v) is 2.31. The molecule has 2 N–H and O–H groups in total. The third kappa shape index (κ3) is 2.46. The van der Waals surface area contributed by atoms with Gasteiger partial charge in [0.25, 0.3) is 0 Å². The number of ether oxygens (including phenoxy) is 1. The molecule has 2 aromatic rings. The number of hydrogen-bond acceptors (Lipinski definition) is 4. The minimum absolute atomic E-state index is 0.604. The molecule has 4 heteroatoms. The van der Waals surface area contributed by atoms with Crippen molar-refractivity contribution in [3.63, 3.8) is 0 Å². The zero-order valence-electron chi connectivity index (χ0n) is 8.69. The van der Waals surface area contributed by atoms with Gasteiger partial charge in [-0.15, -0.1) is 11.3 Å². The predicted octanol–water partition coefficient (Wildman–Crippen LogP) is 2.81. The Morgan fingerprint density at radius 3 is 3.13 bits per heavy atom. The summed E-state index contributed by atoms with van der Waals surface area (Å²) in [4.78, 5) is 4.46. The van der Waals surface area contributed by atoms with Crippen molar-refractivity contribution in [2.45, 2.75) is 20.0 Å². The summed E-state index contributed by atoms with van der Waals surface area (Å²) >= 11 is 1.65. The zero-order chi connectivity index (χ0) is 10.7. The quantitative estimate of drug-likeness (QED) is 0.639. The average Bonchev–Trinajstić information content (AvgIpc) is 2.60. The van der Waals surface area contributed by atoms with Crippen LogP contribution in [0.4, 0.5) is 5.69 Å². The van der Waals surface area contributed by atoms with Crippen molar-refractivity contribution in [3.05, 3.63) is 23.2 Å². The van der Waals surface area contributed by atoms with E-state index in [-0.39, 0.29) is 0 Å². The van der Waals surface area contributed by atoms with Crippen LogP contribution in [0.25, 0.3) is 10.2 Å². The van der Waals surface area contributed by atoms with Gasteiger partial charge in [-0.25, -0.2) is 4.98 Å². The van der Waals surface area contributed by atoms with Crippen LogP contribution in [0.3, 0.4) is 0 Å². The second-order valence-electron chi connectivity index (χ2n) is 3.39. The molecule has 0 spiro atoms. The van der Waals surface area contributed by atoms with Crippen LogP contribution in [0.2, 0.25) is 0 Å². The highest BCUT2D eigenvalue weighted by molar-refractivity contribution is 7.18. The number of thiazole rings is 1. The number of hydrogen-bond donors (Lipinski definition) is 1. The number of anilines is 1. The van der Waals surface area contributed by atoms with Crippen LogP contribution in [0.15, 0.2) is 18.2 Å². The lowest BCUT2D eigenvalue weighted by molar-refractivity contribution is 0.121.